The zero-order valence-corrected chi connectivity index (χ0v) is 11.7. The van der Waals surface area contributed by atoms with Crippen molar-refractivity contribution in [1.29, 1.82) is 0 Å². The topological polar surface area (TPSA) is 6.48 Å². The van der Waals surface area contributed by atoms with Crippen molar-refractivity contribution >= 4 is 17.3 Å². The summed E-state index contributed by atoms with van der Waals surface area (Å²) in [5.74, 6) is 0. The van der Waals surface area contributed by atoms with Crippen molar-refractivity contribution in [2.45, 2.75) is 26.3 Å². The van der Waals surface area contributed by atoms with Gasteiger partial charge in [-0.25, -0.2) is 0 Å². The van der Waals surface area contributed by atoms with Crippen molar-refractivity contribution in [2.75, 3.05) is 31.1 Å². The lowest BCUT2D eigenvalue weighted by Crippen LogP contribution is -2.53. The molecule has 3 heteroatoms. The second kappa shape index (κ2) is 4.87. The van der Waals surface area contributed by atoms with E-state index in [1.54, 1.807) is 0 Å². The van der Waals surface area contributed by atoms with E-state index in [-0.39, 0.29) is 5.54 Å². The highest BCUT2D eigenvalue weighted by molar-refractivity contribution is 6.30. The van der Waals surface area contributed by atoms with Gasteiger partial charge in [0, 0.05) is 42.4 Å². The third-order valence-corrected chi connectivity index (χ3v) is 3.67. The zero-order valence-electron chi connectivity index (χ0n) is 10.9. The van der Waals surface area contributed by atoms with Gasteiger partial charge in [0.25, 0.3) is 0 Å². The van der Waals surface area contributed by atoms with E-state index < -0.39 is 0 Å². The summed E-state index contributed by atoms with van der Waals surface area (Å²) in [5, 5.41) is 0.807. The maximum Gasteiger partial charge on any atom is 0.0407 e. The maximum absolute atomic E-state index is 5.91. The van der Waals surface area contributed by atoms with Crippen LogP contribution in [0.5, 0.6) is 0 Å². The monoisotopic (exact) mass is 252 g/mol. The van der Waals surface area contributed by atoms with Crippen LogP contribution >= 0.6 is 11.6 Å². The molecule has 1 aromatic rings. The largest absolute Gasteiger partial charge is 0.369 e. The standard InChI is InChI=1S/C14H21ClN2/c1-14(2,3)17-10-8-16(9-11-17)13-6-4-12(15)5-7-13/h4-7H,8-11H2,1-3H3. The number of piperazine rings is 1. The predicted octanol–water partition coefficient (Wildman–Crippen LogP) is 3.26. The normalized spacial score (nSPS) is 18.5. The molecule has 0 unspecified atom stereocenters. The van der Waals surface area contributed by atoms with Crippen LogP contribution < -0.4 is 4.90 Å². The molecule has 1 aliphatic rings. The van der Waals surface area contributed by atoms with Crippen LogP contribution in [0.15, 0.2) is 24.3 Å². The Bertz CT molecular complexity index is 359. The molecule has 0 N–H and O–H groups in total. The van der Waals surface area contributed by atoms with Gasteiger partial charge in [-0.05, 0) is 45.0 Å². The number of benzene rings is 1. The average molecular weight is 253 g/mol. The van der Waals surface area contributed by atoms with Crippen LogP contribution in [0.3, 0.4) is 0 Å². The van der Waals surface area contributed by atoms with Crippen LogP contribution in [0.2, 0.25) is 5.02 Å². The maximum atomic E-state index is 5.91. The number of halogens is 1. The fourth-order valence-corrected chi connectivity index (χ4v) is 2.41. The van der Waals surface area contributed by atoms with E-state index in [0.29, 0.717) is 0 Å². The van der Waals surface area contributed by atoms with Crippen molar-refractivity contribution < 1.29 is 0 Å². The van der Waals surface area contributed by atoms with Crippen molar-refractivity contribution in [1.82, 2.24) is 4.90 Å². The smallest absolute Gasteiger partial charge is 0.0407 e. The number of hydrogen-bond acceptors (Lipinski definition) is 2. The molecule has 2 nitrogen and oxygen atoms in total. The first-order valence-electron chi connectivity index (χ1n) is 6.22. The van der Waals surface area contributed by atoms with Crippen LogP contribution in [0, 0.1) is 0 Å². The molecular weight excluding hydrogens is 232 g/mol. The number of nitrogens with zero attached hydrogens (tertiary/aromatic N) is 2. The average Bonchev–Trinajstić information content (AvgIpc) is 2.29. The van der Waals surface area contributed by atoms with Crippen LogP contribution in [0.1, 0.15) is 20.8 Å². The van der Waals surface area contributed by atoms with Gasteiger partial charge < -0.3 is 4.90 Å². The third kappa shape index (κ3) is 3.14. The Kier molecular flexibility index (Phi) is 3.64. The van der Waals surface area contributed by atoms with E-state index in [9.17, 15) is 0 Å². The van der Waals surface area contributed by atoms with E-state index >= 15 is 0 Å². The Morgan fingerprint density at radius 2 is 1.47 bits per heavy atom. The van der Waals surface area contributed by atoms with Gasteiger partial charge in [-0.1, -0.05) is 11.6 Å². The van der Waals surface area contributed by atoms with Gasteiger partial charge in [0.1, 0.15) is 0 Å². The summed E-state index contributed by atoms with van der Waals surface area (Å²) < 4.78 is 0. The fourth-order valence-electron chi connectivity index (χ4n) is 2.29. The minimum absolute atomic E-state index is 0.284. The van der Waals surface area contributed by atoms with E-state index in [0.717, 1.165) is 31.2 Å². The molecule has 1 aliphatic heterocycles. The minimum atomic E-state index is 0.284. The third-order valence-electron chi connectivity index (χ3n) is 3.42. The van der Waals surface area contributed by atoms with E-state index in [4.69, 9.17) is 11.6 Å². The van der Waals surface area contributed by atoms with Crippen LogP contribution in [0.25, 0.3) is 0 Å². The summed E-state index contributed by atoms with van der Waals surface area (Å²) in [5.41, 5.74) is 1.56. The van der Waals surface area contributed by atoms with Gasteiger partial charge in [0.15, 0.2) is 0 Å². The first-order chi connectivity index (χ1) is 7.97. The lowest BCUT2D eigenvalue weighted by molar-refractivity contribution is 0.128. The van der Waals surface area contributed by atoms with E-state index in [2.05, 4.69) is 42.7 Å². The first kappa shape index (κ1) is 12.7. The molecule has 0 spiro atoms. The molecule has 1 saturated heterocycles. The summed E-state index contributed by atoms with van der Waals surface area (Å²) >= 11 is 5.91. The Labute approximate surface area is 109 Å². The second-order valence-electron chi connectivity index (χ2n) is 5.62. The van der Waals surface area contributed by atoms with Gasteiger partial charge in [-0.15, -0.1) is 0 Å². The first-order valence-corrected chi connectivity index (χ1v) is 6.60. The van der Waals surface area contributed by atoms with Gasteiger partial charge >= 0.3 is 0 Å². The highest BCUT2D eigenvalue weighted by Gasteiger charge is 2.25. The number of anilines is 1. The van der Waals surface area contributed by atoms with Gasteiger partial charge in [-0.2, -0.15) is 0 Å². The van der Waals surface area contributed by atoms with Gasteiger partial charge in [-0.3, -0.25) is 4.90 Å². The Balaban J connectivity index is 1.97. The van der Waals surface area contributed by atoms with Crippen LogP contribution in [0.4, 0.5) is 5.69 Å². The van der Waals surface area contributed by atoms with Crippen LogP contribution in [-0.2, 0) is 0 Å². The molecular formula is C14H21ClN2. The quantitative estimate of drug-likeness (QED) is 0.757. The molecule has 0 amide bonds. The minimum Gasteiger partial charge on any atom is -0.369 e. The summed E-state index contributed by atoms with van der Waals surface area (Å²) in [4.78, 5) is 4.97. The lowest BCUT2D eigenvalue weighted by Gasteiger charge is -2.43. The van der Waals surface area contributed by atoms with Gasteiger partial charge in [0.05, 0.1) is 0 Å². The van der Waals surface area contributed by atoms with Gasteiger partial charge in [0.2, 0.25) is 0 Å². The highest BCUT2D eigenvalue weighted by Crippen LogP contribution is 2.22. The highest BCUT2D eigenvalue weighted by atomic mass is 35.5. The molecule has 0 bridgehead atoms. The lowest BCUT2D eigenvalue weighted by atomic mass is 10.0. The molecule has 1 heterocycles. The zero-order chi connectivity index (χ0) is 12.5. The molecule has 0 atom stereocenters. The van der Waals surface area contributed by atoms with E-state index in [1.807, 2.05) is 12.1 Å². The van der Waals surface area contributed by atoms with Crippen molar-refractivity contribution in [2.24, 2.45) is 0 Å². The SMILES string of the molecule is CC(C)(C)N1CCN(c2ccc(Cl)cc2)CC1. The molecule has 1 fully saturated rings. The van der Waals surface area contributed by atoms with Crippen molar-refractivity contribution in [3.63, 3.8) is 0 Å². The van der Waals surface area contributed by atoms with Crippen molar-refractivity contribution in [3.8, 4) is 0 Å². The number of rotatable bonds is 1. The fraction of sp³-hybridized carbons (Fsp3) is 0.571. The molecule has 17 heavy (non-hydrogen) atoms. The summed E-state index contributed by atoms with van der Waals surface area (Å²) in [6, 6.07) is 8.14. The summed E-state index contributed by atoms with van der Waals surface area (Å²) in [6.07, 6.45) is 0. The molecule has 0 saturated carbocycles. The van der Waals surface area contributed by atoms with Crippen molar-refractivity contribution in [3.05, 3.63) is 29.3 Å². The molecule has 0 radical (unpaired) electrons. The second-order valence-corrected chi connectivity index (χ2v) is 6.06. The van der Waals surface area contributed by atoms with Crippen LogP contribution in [-0.4, -0.2) is 36.6 Å². The Morgan fingerprint density at radius 3 is 1.94 bits per heavy atom. The Morgan fingerprint density at radius 1 is 0.941 bits per heavy atom. The summed E-state index contributed by atoms with van der Waals surface area (Å²) in [7, 11) is 0. The Hall–Kier alpha value is -0.730. The summed E-state index contributed by atoms with van der Waals surface area (Å²) in [6.45, 7) is 11.3. The molecule has 0 aliphatic carbocycles. The molecule has 94 valence electrons. The van der Waals surface area contributed by atoms with E-state index in [1.165, 1.54) is 5.69 Å². The predicted molar refractivity (Wildman–Crippen MR) is 75.0 cm³/mol. The molecule has 2 rings (SSSR count). The molecule has 0 aromatic heterocycles. The number of hydrogen-bond donors (Lipinski definition) is 0. The molecule has 1 aromatic carbocycles.